The maximum absolute atomic E-state index is 12.2. The molecule has 1 aromatic carbocycles. The number of sulfonamides is 1. The average molecular weight is 303 g/mol. The lowest BCUT2D eigenvalue weighted by Crippen LogP contribution is -2.28. The number of halogens is 1. The highest BCUT2D eigenvalue weighted by atomic mass is 35.5. The van der Waals surface area contributed by atoms with E-state index >= 15 is 0 Å². The van der Waals surface area contributed by atoms with Crippen LogP contribution in [0.5, 0.6) is 0 Å². The van der Waals surface area contributed by atoms with Gasteiger partial charge >= 0.3 is 0 Å². The summed E-state index contributed by atoms with van der Waals surface area (Å²) in [7, 11) is -1.66. The van der Waals surface area contributed by atoms with Crippen LogP contribution in [0, 0.1) is 5.41 Å². The largest absolute Gasteiger partial charge is 0.316 e. The van der Waals surface area contributed by atoms with Crippen LogP contribution < -0.4 is 10.0 Å². The number of benzene rings is 1. The van der Waals surface area contributed by atoms with Crippen LogP contribution in [0.25, 0.3) is 0 Å². The Balaban J connectivity index is 2.19. The molecule has 6 heteroatoms. The third kappa shape index (κ3) is 3.28. The van der Waals surface area contributed by atoms with E-state index in [1.807, 2.05) is 20.9 Å². The minimum Gasteiger partial charge on any atom is -0.316 e. The molecule has 1 saturated carbocycles. The van der Waals surface area contributed by atoms with E-state index in [9.17, 15) is 8.42 Å². The van der Waals surface area contributed by atoms with Crippen molar-refractivity contribution in [1.82, 2.24) is 10.0 Å². The van der Waals surface area contributed by atoms with E-state index < -0.39 is 10.0 Å². The van der Waals surface area contributed by atoms with Crippen molar-refractivity contribution in [3.05, 3.63) is 28.8 Å². The Hall–Kier alpha value is -0.620. The van der Waals surface area contributed by atoms with Crippen LogP contribution in [0.2, 0.25) is 5.02 Å². The molecule has 0 radical (unpaired) electrons. The second kappa shape index (κ2) is 5.05. The quantitative estimate of drug-likeness (QED) is 0.876. The molecule has 19 heavy (non-hydrogen) atoms. The molecular formula is C13H19ClN2O2S. The number of hydrogen-bond donors (Lipinski definition) is 2. The van der Waals surface area contributed by atoms with Crippen molar-refractivity contribution >= 4 is 21.6 Å². The maximum atomic E-state index is 12.2. The van der Waals surface area contributed by atoms with Gasteiger partial charge in [-0.1, -0.05) is 31.5 Å². The molecule has 0 spiro atoms. The van der Waals surface area contributed by atoms with Gasteiger partial charge in [0.05, 0.1) is 4.90 Å². The Kier molecular flexibility index (Phi) is 3.93. The summed E-state index contributed by atoms with van der Waals surface area (Å²) in [6.07, 6.45) is 0.873. The van der Waals surface area contributed by atoms with Gasteiger partial charge in [0.15, 0.2) is 0 Å². The zero-order chi connectivity index (χ0) is 14.3. The fraction of sp³-hybridized carbons (Fsp3) is 0.538. The van der Waals surface area contributed by atoms with Crippen LogP contribution in [0.15, 0.2) is 23.1 Å². The highest BCUT2D eigenvalue weighted by Crippen LogP contribution is 2.45. The maximum Gasteiger partial charge on any atom is 0.240 e. The lowest BCUT2D eigenvalue weighted by Gasteiger charge is -2.10. The number of nitrogens with one attached hydrogen (secondary N) is 2. The van der Waals surface area contributed by atoms with E-state index in [0.717, 1.165) is 12.0 Å². The molecular weight excluding hydrogens is 284 g/mol. The van der Waals surface area contributed by atoms with Crippen LogP contribution in [0.1, 0.15) is 25.8 Å². The van der Waals surface area contributed by atoms with E-state index in [1.165, 1.54) is 6.07 Å². The van der Waals surface area contributed by atoms with Crippen molar-refractivity contribution in [3.63, 3.8) is 0 Å². The topological polar surface area (TPSA) is 58.2 Å². The first-order valence-electron chi connectivity index (χ1n) is 6.21. The minimum atomic E-state index is -3.48. The van der Waals surface area contributed by atoms with Gasteiger partial charge in [0.25, 0.3) is 0 Å². The van der Waals surface area contributed by atoms with Crippen LogP contribution >= 0.6 is 11.6 Å². The zero-order valence-electron chi connectivity index (χ0n) is 11.3. The van der Waals surface area contributed by atoms with Crippen LogP contribution in [-0.4, -0.2) is 21.5 Å². The van der Waals surface area contributed by atoms with E-state index in [0.29, 0.717) is 11.6 Å². The molecule has 1 unspecified atom stereocenters. The predicted octanol–water partition coefficient (Wildman–Crippen LogP) is 2.14. The Morgan fingerprint density at radius 1 is 1.42 bits per heavy atom. The van der Waals surface area contributed by atoms with Gasteiger partial charge in [0, 0.05) is 17.6 Å². The minimum absolute atomic E-state index is 0.0215. The summed E-state index contributed by atoms with van der Waals surface area (Å²) in [6.45, 7) is 4.70. The van der Waals surface area contributed by atoms with Crippen LogP contribution in [0.4, 0.5) is 0 Å². The van der Waals surface area contributed by atoms with E-state index in [2.05, 4.69) is 10.0 Å². The van der Waals surface area contributed by atoms with Crippen molar-refractivity contribution in [2.45, 2.75) is 37.8 Å². The Bertz CT molecular complexity index is 584. The van der Waals surface area contributed by atoms with Gasteiger partial charge < -0.3 is 5.32 Å². The summed E-state index contributed by atoms with van der Waals surface area (Å²) in [5.41, 5.74) is 0.943. The molecule has 1 aromatic rings. The molecule has 0 bridgehead atoms. The molecule has 0 aromatic heterocycles. The zero-order valence-corrected chi connectivity index (χ0v) is 12.9. The van der Waals surface area contributed by atoms with E-state index in [-0.39, 0.29) is 16.4 Å². The lowest BCUT2D eigenvalue weighted by atomic mass is 10.2. The summed E-state index contributed by atoms with van der Waals surface area (Å²) in [6, 6.07) is 4.86. The Morgan fingerprint density at radius 3 is 2.53 bits per heavy atom. The summed E-state index contributed by atoms with van der Waals surface area (Å²) < 4.78 is 27.1. The molecule has 1 aliphatic carbocycles. The van der Waals surface area contributed by atoms with Gasteiger partial charge in [-0.05, 0) is 36.6 Å². The Labute approximate surface area is 119 Å². The molecule has 0 amide bonds. The molecule has 2 rings (SSSR count). The predicted molar refractivity (Wildman–Crippen MR) is 76.7 cm³/mol. The molecule has 4 nitrogen and oxygen atoms in total. The van der Waals surface area contributed by atoms with Crippen molar-refractivity contribution in [2.75, 3.05) is 7.05 Å². The second-order valence-corrected chi connectivity index (χ2v) is 7.77. The van der Waals surface area contributed by atoms with Crippen LogP contribution in [0.3, 0.4) is 0 Å². The molecule has 2 N–H and O–H groups in total. The van der Waals surface area contributed by atoms with Crippen molar-refractivity contribution < 1.29 is 8.42 Å². The summed E-state index contributed by atoms with van der Waals surface area (Å²) in [5, 5.41) is 3.45. The average Bonchev–Trinajstić information content (AvgIpc) is 2.88. The van der Waals surface area contributed by atoms with E-state index in [1.54, 1.807) is 12.1 Å². The highest BCUT2D eigenvalue weighted by Gasteiger charge is 2.47. The standard InChI is InChI=1S/C13H19ClN2O2S/c1-13(2)7-12(13)16-19(17,18)10-5-4-9(8-15-3)11(14)6-10/h4-6,12,15-16H,7-8H2,1-3H3. The van der Waals surface area contributed by atoms with Gasteiger partial charge in [0.1, 0.15) is 0 Å². The molecule has 1 aliphatic rings. The first-order chi connectivity index (χ1) is 8.76. The molecule has 1 fully saturated rings. The molecule has 0 aliphatic heterocycles. The van der Waals surface area contributed by atoms with Gasteiger partial charge in [-0.15, -0.1) is 0 Å². The SMILES string of the molecule is CNCc1ccc(S(=O)(=O)NC2CC2(C)C)cc1Cl. The third-order valence-electron chi connectivity index (χ3n) is 3.51. The molecule has 106 valence electrons. The fourth-order valence-electron chi connectivity index (χ4n) is 1.95. The normalized spacial score (nSPS) is 21.4. The number of rotatable bonds is 5. The molecule has 0 heterocycles. The molecule has 0 saturated heterocycles. The van der Waals surface area contributed by atoms with Crippen LogP contribution in [-0.2, 0) is 16.6 Å². The smallest absolute Gasteiger partial charge is 0.240 e. The third-order valence-corrected chi connectivity index (χ3v) is 5.33. The first-order valence-corrected chi connectivity index (χ1v) is 8.08. The monoisotopic (exact) mass is 302 g/mol. The van der Waals surface area contributed by atoms with Crippen molar-refractivity contribution in [1.29, 1.82) is 0 Å². The Morgan fingerprint density at radius 2 is 2.05 bits per heavy atom. The van der Waals surface area contributed by atoms with E-state index in [4.69, 9.17) is 11.6 Å². The lowest BCUT2D eigenvalue weighted by molar-refractivity contribution is 0.555. The van der Waals surface area contributed by atoms with Gasteiger partial charge in [0.2, 0.25) is 10.0 Å². The highest BCUT2D eigenvalue weighted by molar-refractivity contribution is 7.89. The molecule has 1 atom stereocenters. The van der Waals surface area contributed by atoms with Crippen molar-refractivity contribution in [2.24, 2.45) is 5.41 Å². The van der Waals surface area contributed by atoms with Gasteiger partial charge in [-0.2, -0.15) is 0 Å². The summed E-state index contributed by atoms with van der Waals surface area (Å²) >= 11 is 6.09. The fourth-order valence-corrected chi connectivity index (χ4v) is 3.70. The summed E-state index contributed by atoms with van der Waals surface area (Å²) in [5.74, 6) is 0. The van der Waals surface area contributed by atoms with Gasteiger partial charge in [-0.3, -0.25) is 0 Å². The summed E-state index contributed by atoms with van der Waals surface area (Å²) in [4.78, 5) is 0.222. The second-order valence-electron chi connectivity index (χ2n) is 5.65. The van der Waals surface area contributed by atoms with Gasteiger partial charge in [-0.25, -0.2) is 13.1 Å². The van der Waals surface area contributed by atoms with Crippen molar-refractivity contribution in [3.8, 4) is 0 Å². The first kappa shape index (κ1) is 14.8. The number of hydrogen-bond acceptors (Lipinski definition) is 3.